The molecular formula is C11H11F2N3O2. The Kier molecular flexibility index (Phi) is 3.24. The fourth-order valence-corrected chi connectivity index (χ4v) is 1.47. The van der Waals surface area contributed by atoms with Crippen molar-refractivity contribution in [2.24, 2.45) is 0 Å². The summed E-state index contributed by atoms with van der Waals surface area (Å²) in [6, 6.07) is 5.11. The molecule has 0 radical (unpaired) electrons. The monoisotopic (exact) mass is 255 g/mol. The van der Waals surface area contributed by atoms with Gasteiger partial charge >= 0.3 is 0 Å². The number of carbonyl (C=O) groups excluding carboxylic acids is 1. The molecule has 0 aliphatic heterocycles. The second-order valence-corrected chi connectivity index (χ2v) is 3.79. The first kappa shape index (κ1) is 12.4. The lowest BCUT2D eigenvalue weighted by molar-refractivity contribution is -0.0461. The number of hydrogen-bond donors (Lipinski definition) is 2. The predicted octanol–water partition coefficient (Wildman–Crippen LogP) is 0.692. The molecule has 96 valence electrons. The molecule has 2 N–H and O–H groups in total. The molecule has 18 heavy (non-hydrogen) atoms. The number of aromatic nitrogens is 2. The van der Waals surface area contributed by atoms with Gasteiger partial charge in [0.1, 0.15) is 6.61 Å². The summed E-state index contributed by atoms with van der Waals surface area (Å²) in [4.78, 5) is 11.7. The molecule has 0 saturated carbocycles. The van der Waals surface area contributed by atoms with Crippen molar-refractivity contribution in [3.63, 3.8) is 0 Å². The minimum atomic E-state index is -3.32. The molecule has 7 heteroatoms. The second-order valence-electron chi connectivity index (χ2n) is 3.79. The molecule has 0 fully saturated rings. The summed E-state index contributed by atoms with van der Waals surface area (Å²) in [6.45, 7) is -2.21. The number of aliphatic hydroxyl groups is 1. The van der Waals surface area contributed by atoms with Crippen molar-refractivity contribution in [2.75, 3.05) is 13.2 Å². The fourth-order valence-electron chi connectivity index (χ4n) is 1.47. The Morgan fingerprint density at radius 1 is 1.50 bits per heavy atom. The van der Waals surface area contributed by atoms with E-state index in [1.54, 1.807) is 24.4 Å². The van der Waals surface area contributed by atoms with Gasteiger partial charge in [-0.05, 0) is 12.1 Å². The molecule has 2 aromatic heterocycles. The van der Waals surface area contributed by atoms with Crippen LogP contribution in [0.25, 0.3) is 5.52 Å². The van der Waals surface area contributed by atoms with E-state index in [4.69, 9.17) is 5.11 Å². The molecular weight excluding hydrogens is 244 g/mol. The van der Waals surface area contributed by atoms with E-state index in [1.165, 1.54) is 10.7 Å². The third-order valence-electron chi connectivity index (χ3n) is 2.41. The number of carbonyl (C=O) groups is 1. The predicted molar refractivity (Wildman–Crippen MR) is 59.6 cm³/mol. The Morgan fingerprint density at radius 3 is 3.00 bits per heavy atom. The van der Waals surface area contributed by atoms with Crippen LogP contribution >= 0.6 is 0 Å². The van der Waals surface area contributed by atoms with Gasteiger partial charge in [-0.3, -0.25) is 4.79 Å². The number of alkyl halides is 2. The Labute approximate surface area is 101 Å². The average Bonchev–Trinajstić information content (AvgIpc) is 2.80. The largest absolute Gasteiger partial charge is 0.390 e. The van der Waals surface area contributed by atoms with E-state index in [0.29, 0.717) is 5.52 Å². The van der Waals surface area contributed by atoms with Crippen molar-refractivity contribution in [1.29, 1.82) is 0 Å². The third-order valence-corrected chi connectivity index (χ3v) is 2.41. The highest BCUT2D eigenvalue weighted by Gasteiger charge is 2.28. The number of pyridine rings is 1. The van der Waals surface area contributed by atoms with Gasteiger partial charge in [0.25, 0.3) is 11.8 Å². The smallest absolute Gasteiger partial charge is 0.287 e. The first-order chi connectivity index (χ1) is 8.53. The molecule has 0 aliphatic carbocycles. The lowest BCUT2D eigenvalue weighted by atomic mass is 10.2. The molecule has 0 saturated heterocycles. The minimum absolute atomic E-state index is 0.212. The number of halogens is 2. The normalized spacial score (nSPS) is 11.7. The number of rotatable bonds is 4. The Balaban J connectivity index is 2.14. The first-order valence-corrected chi connectivity index (χ1v) is 5.23. The van der Waals surface area contributed by atoms with Crippen LogP contribution in [0.5, 0.6) is 0 Å². The van der Waals surface area contributed by atoms with Gasteiger partial charge < -0.3 is 10.4 Å². The summed E-state index contributed by atoms with van der Waals surface area (Å²) < 4.78 is 27.0. The third kappa shape index (κ3) is 2.45. The number of amides is 1. The summed E-state index contributed by atoms with van der Waals surface area (Å²) in [5, 5.41) is 14.4. The van der Waals surface area contributed by atoms with Crippen LogP contribution in [0.4, 0.5) is 8.78 Å². The summed E-state index contributed by atoms with van der Waals surface area (Å²) in [6.07, 6.45) is 2.95. The Hall–Kier alpha value is -2.02. The van der Waals surface area contributed by atoms with Gasteiger partial charge in [-0.15, -0.1) is 0 Å². The molecule has 0 spiro atoms. The lowest BCUT2D eigenvalue weighted by Crippen LogP contribution is -2.38. The van der Waals surface area contributed by atoms with Gasteiger partial charge in [0.05, 0.1) is 23.8 Å². The quantitative estimate of drug-likeness (QED) is 0.844. The molecule has 0 atom stereocenters. The lowest BCUT2D eigenvalue weighted by Gasteiger charge is -2.13. The van der Waals surface area contributed by atoms with Gasteiger partial charge in [-0.25, -0.2) is 13.3 Å². The van der Waals surface area contributed by atoms with E-state index in [0.717, 1.165) is 0 Å². The van der Waals surface area contributed by atoms with Crippen molar-refractivity contribution in [3.05, 3.63) is 36.2 Å². The maximum absolute atomic E-state index is 12.8. The maximum atomic E-state index is 12.8. The van der Waals surface area contributed by atoms with Crippen LogP contribution in [0.3, 0.4) is 0 Å². The van der Waals surface area contributed by atoms with Crippen molar-refractivity contribution < 1.29 is 18.7 Å². The van der Waals surface area contributed by atoms with Crippen LogP contribution in [0.2, 0.25) is 0 Å². The Morgan fingerprint density at radius 2 is 2.28 bits per heavy atom. The molecule has 2 rings (SSSR count). The zero-order chi connectivity index (χ0) is 13.2. The van der Waals surface area contributed by atoms with Crippen molar-refractivity contribution in [3.8, 4) is 0 Å². The summed E-state index contributed by atoms with van der Waals surface area (Å²) in [5.74, 6) is -3.97. The summed E-state index contributed by atoms with van der Waals surface area (Å²) in [7, 11) is 0. The first-order valence-electron chi connectivity index (χ1n) is 5.23. The average molecular weight is 255 g/mol. The number of fused-ring (bicyclic) bond motifs is 1. The fraction of sp³-hybridized carbons (Fsp3) is 0.273. The molecule has 2 aromatic rings. The molecule has 5 nitrogen and oxygen atoms in total. The van der Waals surface area contributed by atoms with Gasteiger partial charge in [-0.1, -0.05) is 6.07 Å². The zero-order valence-corrected chi connectivity index (χ0v) is 9.31. The van der Waals surface area contributed by atoms with Crippen LogP contribution in [0.15, 0.2) is 30.6 Å². The van der Waals surface area contributed by atoms with Crippen molar-refractivity contribution in [2.45, 2.75) is 5.92 Å². The number of aliphatic hydroxyl groups excluding tert-OH is 1. The van der Waals surface area contributed by atoms with Gasteiger partial charge in [0.15, 0.2) is 0 Å². The van der Waals surface area contributed by atoms with Crippen molar-refractivity contribution >= 4 is 11.4 Å². The standard InChI is InChI=1S/C11H11F2N3O2/c12-11(13,7-17)6-14-10(18)8-5-15-16-4-2-1-3-9(8)16/h1-5,17H,6-7H2,(H,14,18). The summed E-state index contributed by atoms with van der Waals surface area (Å²) >= 11 is 0. The van der Waals surface area contributed by atoms with Crippen molar-refractivity contribution in [1.82, 2.24) is 14.9 Å². The number of nitrogens with zero attached hydrogens (tertiary/aromatic N) is 2. The van der Waals surface area contributed by atoms with E-state index in [9.17, 15) is 13.6 Å². The Bertz CT molecular complexity index is 568. The minimum Gasteiger partial charge on any atom is -0.390 e. The summed E-state index contributed by atoms with van der Waals surface area (Å²) in [5.41, 5.74) is 0.742. The van der Waals surface area contributed by atoms with Gasteiger partial charge in [0, 0.05) is 6.20 Å². The molecule has 0 bridgehead atoms. The molecule has 2 heterocycles. The molecule has 0 aromatic carbocycles. The SMILES string of the molecule is O=C(NCC(F)(F)CO)c1cnn2ccccc12. The van der Waals surface area contributed by atoms with Crippen LogP contribution in [0, 0.1) is 0 Å². The zero-order valence-electron chi connectivity index (χ0n) is 9.31. The maximum Gasteiger partial charge on any atom is 0.287 e. The van der Waals surface area contributed by atoms with Crippen LogP contribution < -0.4 is 5.32 Å². The topological polar surface area (TPSA) is 66.6 Å². The molecule has 1 amide bonds. The van der Waals surface area contributed by atoms with Crippen LogP contribution in [-0.2, 0) is 0 Å². The van der Waals surface area contributed by atoms with E-state index in [-0.39, 0.29) is 5.56 Å². The van der Waals surface area contributed by atoms with Gasteiger partial charge in [0.2, 0.25) is 0 Å². The van der Waals surface area contributed by atoms with Crippen LogP contribution in [0.1, 0.15) is 10.4 Å². The molecule has 0 unspecified atom stereocenters. The van der Waals surface area contributed by atoms with Crippen LogP contribution in [-0.4, -0.2) is 39.7 Å². The number of nitrogens with one attached hydrogen (secondary N) is 1. The van der Waals surface area contributed by atoms with Gasteiger partial charge in [-0.2, -0.15) is 5.10 Å². The van der Waals surface area contributed by atoms with E-state index in [2.05, 4.69) is 10.4 Å². The van der Waals surface area contributed by atoms with E-state index < -0.39 is 25.0 Å². The second kappa shape index (κ2) is 4.69. The highest BCUT2D eigenvalue weighted by atomic mass is 19.3. The highest BCUT2D eigenvalue weighted by Crippen LogP contribution is 2.12. The molecule has 0 aliphatic rings. The van der Waals surface area contributed by atoms with E-state index in [1.807, 2.05) is 0 Å². The van der Waals surface area contributed by atoms with E-state index >= 15 is 0 Å². The highest BCUT2D eigenvalue weighted by molar-refractivity contribution is 6.00. The number of hydrogen-bond acceptors (Lipinski definition) is 3.